The van der Waals surface area contributed by atoms with Gasteiger partial charge in [0.15, 0.2) is 0 Å². The maximum Gasteiger partial charge on any atom is 0.328 e. The molecule has 120 valence electrons. The van der Waals surface area contributed by atoms with Crippen LogP contribution in [0.3, 0.4) is 0 Å². The first-order valence-electron chi connectivity index (χ1n) is 7.79. The molecule has 0 saturated carbocycles. The van der Waals surface area contributed by atoms with Crippen molar-refractivity contribution in [3.63, 3.8) is 0 Å². The van der Waals surface area contributed by atoms with Crippen molar-refractivity contribution in [2.24, 2.45) is 0 Å². The Morgan fingerprint density at radius 1 is 1.36 bits per heavy atom. The summed E-state index contributed by atoms with van der Waals surface area (Å²) in [5.41, 5.74) is 0.535. The zero-order chi connectivity index (χ0) is 15.9. The largest absolute Gasteiger partial charge is 0.497 e. The summed E-state index contributed by atoms with van der Waals surface area (Å²) in [4.78, 5) is 26.4. The second kappa shape index (κ2) is 7.82. The standard InChI is InChI=1S/C17H23NO4/c1-3-4-11-22-17(20)15-9-6-10-18(15)16(19)13-7-5-8-14(12-13)21-2/h5,7-8,12,15H,3-4,6,9-11H2,1-2H3. The van der Waals surface area contributed by atoms with Crippen LogP contribution < -0.4 is 4.74 Å². The predicted molar refractivity (Wildman–Crippen MR) is 82.9 cm³/mol. The molecule has 0 spiro atoms. The number of esters is 1. The molecule has 0 bridgehead atoms. The molecule has 0 N–H and O–H groups in total. The van der Waals surface area contributed by atoms with E-state index in [1.54, 1.807) is 36.3 Å². The van der Waals surface area contributed by atoms with E-state index in [9.17, 15) is 9.59 Å². The number of nitrogens with zero attached hydrogens (tertiary/aromatic N) is 1. The van der Waals surface area contributed by atoms with Crippen LogP contribution in [-0.2, 0) is 9.53 Å². The number of carbonyl (C=O) groups is 2. The molecule has 0 radical (unpaired) electrons. The minimum Gasteiger partial charge on any atom is -0.497 e. The number of ether oxygens (including phenoxy) is 2. The normalized spacial score (nSPS) is 17.4. The van der Waals surface area contributed by atoms with Gasteiger partial charge in [0.25, 0.3) is 5.91 Å². The summed E-state index contributed by atoms with van der Waals surface area (Å²) in [5.74, 6) is 0.197. The monoisotopic (exact) mass is 305 g/mol. The van der Waals surface area contributed by atoms with E-state index >= 15 is 0 Å². The van der Waals surface area contributed by atoms with Crippen molar-refractivity contribution in [3.05, 3.63) is 29.8 Å². The maximum absolute atomic E-state index is 12.6. The minimum atomic E-state index is -0.462. The highest BCUT2D eigenvalue weighted by Gasteiger charge is 2.35. The average molecular weight is 305 g/mol. The highest BCUT2D eigenvalue weighted by Crippen LogP contribution is 2.23. The van der Waals surface area contributed by atoms with Gasteiger partial charge in [0.05, 0.1) is 13.7 Å². The Morgan fingerprint density at radius 3 is 2.91 bits per heavy atom. The first-order chi connectivity index (χ1) is 10.7. The number of hydrogen-bond acceptors (Lipinski definition) is 4. The molecular formula is C17H23NO4. The number of carbonyl (C=O) groups excluding carboxylic acids is 2. The van der Waals surface area contributed by atoms with Gasteiger partial charge in [-0.25, -0.2) is 4.79 Å². The Bertz CT molecular complexity index is 529. The lowest BCUT2D eigenvalue weighted by atomic mass is 10.1. The maximum atomic E-state index is 12.6. The molecule has 1 aromatic carbocycles. The Labute approximate surface area is 131 Å². The molecule has 0 aliphatic carbocycles. The van der Waals surface area contributed by atoms with Gasteiger partial charge < -0.3 is 14.4 Å². The molecule has 1 saturated heterocycles. The lowest BCUT2D eigenvalue weighted by molar-refractivity contribution is -0.148. The summed E-state index contributed by atoms with van der Waals surface area (Å²) in [5, 5.41) is 0. The van der Waals surface area contributed by atoms with E-state index in [4.69, 9.17) is 9.47 Å². The summed E-state index contributed by atoms with van der Waals surface area (Å²) < 4.78 is 10.4. The topological polar surface area (TPSA) is 55.8 Å². The van der Waals surface area contributed by atoms with Crippen LogP contribution in [0.1, 0.15) is 43.0 Å². The van der Waals surface area contributed by atoms with Gasteiger partial charge in [0.1, 0.15) is 11.8 Å². The molecule has 1 aromatic rings. The van der Waals surface area contributed by atoms with E-state index in [0.717, 1.165) is 19.3 Å². The molecular weight excluding hydrogens is 282 g/mol. The van der Waals surface area contributed by atoms with E-state index in [-0.39, 0.29) is 11.9 Å². The molecule has 1 heterocycles. The Balaban J connectivity index is 2.05. The third-order valence-corrected chi connectivity index (χ3v) is 3.84. The third-order valence-electron chi connectivity index (χ3n) is 3.84. The Kier molecular flexibility index (Phi) is 5.81. The third kappa shape index (κ3) is 3.78. The first-order valence-corrected chi connectivity index (χ1v) is 7.79. The molecule has 0 aromatic heterocycles. The van der Waals surface area contributed by atoms with Gasteiger partial charge >= 0.3 is 5.97 Å². The molecule has 1 amide bonds. The lowest BCUT2D eigenvalue weighted by Crippen LogP contribution is -2.41. The summed E-state index contributed by atoms with van der Waals surface area (Å²) in [7, 11) is 1.56. The molecule has 1 fully saturated rings. The summed E-state index contributed by atoms with van der Waals surface area (Å²) in [6, 6.07) is 6.53. The smallest absolute Gasteiger partial charge is 0.328 e. The van der Waals surface area contributed by atoms with E-state index in [2.05, 4.69) is 0 Å². The van der Waals surface area contributed by atoms with Gasteiger partial charge in [-0.2, -0.15) is 0 Å². The fourth-order valence-corrected chi connectivity index (χ4v) is 2.59. The van der Waals surface area contributed by atoms with Crippen molar-refractivity contribution in [1.29, 1.82) is 0 Å². The van der Waals surface area contributed by atoms with Gasteiger partial charge in [-0.15, -0.1) is 0 Å². The van der Waals surface area contributed by atoms with Crippen LogP contribution in [0.4, 0.5) is 0 Å². The summed E-state index contributed by atoms with van der Waals surface area (Å²) in [6.45, 7) is 3.05. The quantitative estimate of drug-likeness (QED) is 0.599. The van der Waals surface area contributed by atoms with Crippen molar-refractivity contribution in [3.8, 4) is 5.75 Å². The highest BCUT2D eigenvalue weighted by molar-refractivity contribution is 5.97. The fraction of sp³-hybridized carbons (Fsp3) is 0.529. The van der Waals surface area contributed by atoms with Crippen molar-refractivity contribution < 1.29 is 19.1 Å². The number of amides is 1. The molecule has 1 atom stereocenters. The number of hydrogen-bond donors (Lipinski definition) is 0. The zero-order valence-corrected chi connectivity index (χ0v) is 13.2. The second-order valence-electron chi connectivity index (χ2n) is 5.41. The zero-order valence-electron chi connectivity index (χ0n) is 13.2. The van der Waals surface area contributed by atoms with Gasteiger partial charge in [-0.1, -0.05) is 19.4 Å². The van der Waals surface area contributed by atoms with Gasteiger partial charge in [-0.3, -0.25) is 4.79 Å². The first kappa shape index (κ1) is 16.3. The molecule has 1 aliphatic heterocycles. The Morgan fingerprint density at radius 2 is 2.18 bits per heavy atom. The Hall–Kier alpha value is -2.04. The van der Waals surface area contributed by atoms with Crippen LogP contribution >= 0.6 is 0 Å². The average Bonchev–Trinajstić information content (AvgIpc) is 3.04. The second-order valence-corrected chi connectivity index (χ2v) is 5.41. The van der Waals surface area contributed by atoms with E-state index in [0.29, 0.717) is 30.9 Å². The molecule has 22 heavy (non-hydrogen) atoms. The number of unbranched alkanes of at least 4 members (excludes halogenated alkanes) is 1. The predicted octanol–water partition coefficient (Wildman–Crippen LogP) is 2.64. The molecule has 5 nitrogen and oxygen atoms in total. The number of rotatable bonds is 6. The molecule has 2 rings (SSSR count). The van der Waals surface area contributed by atoms with Crippen LogP contribution in [0.5, 0.6) is 5.75 Å². The van der Waals surface area contributed by atoms with Crippen molar-refractivity contribution in [2.75, 3.05) is 20.3 Å². The van der Waals surface area contributed by atoms with Crippen molar-refractivity contribution >= 4 is 11.9 Å². The van der Waals surface area contributed by atoms with Crippen LogP contribution in [-0.4, -0.2) is 43.1 Å². The van der Waals surface area contributed by atoms with Gasteiger partial charge in [0.2, 0.25) is 0 Å². The lowest BCUT2D eigenvalue weighted by Gasteiger charge is -2.23. The van der Waals surface area contributed by atoms with Crippen molar-refractivity contribution in [1.82, 2.24) is 4.90 Å². The van der Waals surface area contributed by atoms with Crippen LogP contribution in [0.25, 0.3) is 0 Å². The minimum absolute atomic E-state index is 0.145. The van der Waals surface area contributed by atoms with Crippen molar-refractivity contribution in [2.45, 2.75) is 38.6 Å². The number of methoxy groups -OCH3 is 1. The number of likely N-dealkylation sites (tertiary alicyclic amines) is 1. The van der Waals surface area contributed by atoms with Crippen LogP contribution in [0.15, 0.2) is 24.3 Å². The molecule has 1 unspecified atom stereocenters. The van der Waals surface area contributed by atoms with E-state index in [1.165, 1.54) is 0 Å². The van der Waals surface area contributed by atoms with Gasteiger partial charge in [-0.05, 0) is 37.5 Å². The molecule has 5 heteroatoms. The van der Waals surface area contributed by atoms with E-state index in [1.807, 2.05) is 6.92 Å². The van der Waals surface area contributed by atoms with Crippen LogP contribution in [0.2, 0.25) is 0 Å². The van der Waals surface area contributed by atoms with E-state index < -0.39 is 6.04 Å². The SMILES string of the molecule is CCCCOC(=O)C1CCCN1C(=O)c1cccc(OC)c1. The fourth-order valence-electron chi connectivity index (χ4n) is 2.59. The van der Waals surface area contributed by atoms with Gasteiger partial charge in [0, 0.05) is 12.1 Å². The molecule has 1 aliphatic rings. The summed E-state index contributed by atoms with van der Waals surface area (Å²) in [6.07, 6.45) is 3.32. The highest BCUT2D eigenvalue weighted by atomic mass is 16.5. The number of benzene rings is 1. The summed E-state index contributed by atoms with van der Waals surface area (Å²) >= 11 is 0. The van der Waals surface area contributed by atoms with Crippen LogP contribution in [0, 0.1) is 0 Å².